The van der Waals surface area contributed by atoms with Crippen molar-refractivity contribution in [2.75, 3.05) is 13.1 Å². The van der Waals surface area contributed by atoms with Crippen molar-refractivity contribution in [2.24, 2.45) is 35.1 Å². The number of aliphatic hydroxyl groups is 10. The normalized spacial score (nSPS) is 43.3. The third-order valence-electron chi connectivity index (χ3n) is 14.2. The van der Waals surface area contributed by atoms with Gasteiger partial charge in [0, 0.05) is 56.5 Å². The Bertz CT molecular complexity index is 1940. The largest absolute Gasteiger partial charge is 0.462 e. The van der Waals surface area contributed by atoms with Gasteiger partial charge in [-0.3, -0.25) is 14.4 Å². The molecule has 412 valence electrons. The average Bonchev–Trinajstić information content (AvgIpc) is 3.32. The van der Waals surface area contributed by atoms with Crippen LogP contribution in [0.15, 0.2) is 85.1 Å². The first-order chi connectivity index (χ1) is 34.5. The maximum Gasteiger partial charge on any atom is 0.308 e. The van der Waals surface area contributed by atoms with Gasteiger partial charge in [0.2, 0.25) is 11.8 Å². The van der Waals surface area contributed by atoms with Crippen molar-refractivity contribution in [1.82, 2.24) is 4.90 Å². The third kappa shape index (κ3) is 19.6. The minimum absolute atomic E-state index is 0.108. The van der Waals surface area contributed by atoms with E-state index in [1.54, 1.807) is 75.5 Å². The second kappa shape index (κ2) is 29.9. The Labute approximate surface area is 428 Å². The summed E-state index contributed by atoms with van der Waals surface area (Å²) >= 11 is 0. The molecule has 3 fully saturated rings. The fourth-order valence-electron chi connectivity index (χ4n) is 9.56. The highest BCUT2D eigenvalue weighted by atomic mass is 16.7. The SMILES string of the molecule is C[C@@H]1OC(=O)CC(O)CC(O)CCC(O)C(O)C[C@H](O)CC2(O)C[C@H](O)C(C(=O)N3CCC(C(N)=O)CC3)[C@H](CC(O[C@@H]3O[C@H](C)[C@@H](O)[C@H](N)[C@@H]3O)/C=C/C=C/C=C/C=C/C=C/C=C/C=C/[C@H](C)C(O)[C@H]1C)O2. The lowest BCUT2D eigenvalue weighted by atomic mass is 9.81. The van der Waals surface area contributed by atoms with Gasteiger partial charge in [-0.25, -0.2) is 0 Å². The molecule has 8 unspecified atom stereocenters. The fraction of sp³-hybridized carbons (Fsp3) is 0.679. The summed E-state index contributed by atoms with van der Waals surface area (Å²) in [7, 11) is 0. The average molecular weight is 1030 g/mol. The first-order valence-electron chi connectivity index (χ1n) is 25.5. The highest BCUT2D eigenvalue weighted by molar-refractivity contribution is 5.81. The van der Waals surface area contributed by atoms with E-state index in [2.05, 4.69) is 0 Å². The van der Waals surface area contributed by atoms with Crippen molar-refractivity contribution in [3.05, 3.63) is 85.1 Å². The number of carbonyl (C=O) groups is 3. The molecule has 0 aromatic rings. The molecule has 2 bridgehead atoms. The molecular weight excluding hydrogens is 951 g/mol. The molecule has 20 heteroatoms. The third-order valence-corrected chi connectivity index (χ3v) is 14.2. The predicted molar refractivity (Wildman–Crippen MR) is 268 cm³/mol. The molecule has 0 aromatic heterocycles. The van der Waals surface area contributed by atoms with E-state index in [0.717, 1.165) is 0 Å². The van der Waals surface area contributed by atoms with E-state index in [4.69, 9.17) is 30.4 Å². The molecule has 0 radical (unpaired) electrons. The van der Waals surface area contributed by atoms with Crippen LogP contribution in [0.3, 0.4) is 0 Å². The number of nitrogens with two attached hydrogens (primary N) is 2. The smallest absolute Gasteiger partial charge is 0.308 e. The van der Waals surface area contributed by atoms with E-state index < -0.39 is 159 Å². The molecule has 4 heterocycles. The second-order valence-corrected chi connectivity index (χ2v) is 20.2. The first-order valence-corrected chi connectivity index (χ1v) is 25.5. The van der Waals surface area contributed by atoms with Crippen LogP contribution >= 0.6 is 0 Å². The van der Waals surface area contributed by atoms with Crippen LogP contribution in [0.4, 0.5) is 0 Å². The van der Waals surface area contributed by atoms with E-state index in [1.807, 2.05) is 37.3 Å². The van der Waals surface area contributed by atoms with Crippen LogP contribution in [0.25, 0.3) is 0 Å². The van der Waals surface area contributed by atoms with Gasteiger partial charge in [0.15, 0.2) is 12.1 Å². The Kier molecular flexibility index (Phi) is 25.3. The van der Waals surface area contributed by atoms with E-state index in [1.165, 1.54) is 4.90 Å². The highest BCUT2D eigenvalue weighted by Gasteiger charge is 2.52. The number of cyclic esters (lactones) is 1. The van der Waals surface area contributed by atoms with Gasteiger partial charge >= 0.3 is 5.97 Å². The Morgan fingerprint density at radius 1 is 0.658 bits per heavy atom. The number of amides is 2. The number of ether oxygens (including phenoxy) is 4. The standard InChI is InChI=1S/C53H83N3O17/c1-31-17-15-13-11-9-7-5-6-8-10-12-14-16-18-39(72-52-49(66)46(54)48(65)34(4)71-52)28-43-45(51(68)56-23-21-35(22-24-56)50(55)67)42(62)30-53(69,73-43)29-38(59)26-41(61)40(60)20-19-36(57)25-37(58)27-44(63)70-33(3)32(2)47(31)64/h5-18,31-43,45-49,52,57-62,64-66,69H,19-30,54H2,1-4H3,(H2,55,67)/b6-5+,9-7+,10-8+,13-11+,14-12+,17-15+,18-16+/t31-,32-,33-,34+,36?,37?,38-,39?,40?,41?,42-,43-,45?,46-,47?,48+,49-,52-,53?/m0/s1. The van der Waals surface area contributed by atoms with Crippen molar-refractivity contribution in [3.8, 4) is 0 Å². The lowest BCUT2D eigenvalue weighted by Crippen LogP contribution is -2.62. The van der Waals surface area contributed by atoms with Crippen LogP contribution in [0.2, 0.25) is 0 Å². The quantitative estimate of drug-likeness (QED) is 0.169. The number of aliphatic hydroxyl groups excluding tert-OH is 9. The summed E-state index contributed by atoms with van der Waals surface area (Å²) in [5, 5.41) is 110. The molecular formula is C53H83N3O17. The number of nitrogens with zero attached hydrogens (tertiary/aromatic N) is 1. The van der Waals surface area contributed by atoms with Crippen LogP contribution in [0.1, 0.15) is 91.9 Å². The zero-order chi connectivity index (χ0) is 54.0. The van der Waals surface area contributed by atoms with Crippen molar-refractivity contribution < 1.29 is 84.4 Å². The summed E-state index contributed by atoms with van der Waals surface area (Å²) in [6.07, 6.45) is 4.77. The zero-order valence-corrected chi connectivity index (χ0v) is 42.5. The summed E-state index contributed by atoms with van der Waals surface area (Å²) in [4.78, 5) is 40.5. The number of fused-ring (bicyclic) bond motifs is 2. The Hall–Kier alpha value is -3.97. The zero-order valence-electron chi connectivity index (χ0n) is 42.5. The monoisotopic (exact) mass is 1030 g/mol. The lowest BCUT2D eigenvalue weighted by Gasteiger charge is -2.47. The molecule has 3 saturated heterocycles. The molecule has 0 aromatic carbocycles. The molecule has 20 nitrogen and oxygen atoms in total. The Balaban J connectivity index is 1.62. The molecule has 0 aliphatic carbocycles. The highest BCUT2D eigenvalue weighted by Crippen LogP contribution is 2.39. The minimum Gasteiger partial charge on any atom is -0.462 e. The van der Waals surface area contributed by atoms with Gasteiger partial charge in [0.05, 0.1) is 85.5 Å². The van der Waals surface area contributed by atoms with Gasteiger partial charge in [-0.05, 0) is 46.0 Å². The number of piperidine rings is 1. The van der Waals surface area contributed by atoms with Crippen molar-refractivity contribution in [1.29, 1.82) is 0 Å². The summed E-state index contributed by atoms with van der Waals surface area (Å²) in [5.74, 6) is -6.57. The van der Waals surface area contributed by atoms with Crippen LogP contribution in [-0.4, -0.2) is 184 Å². The number of primary amides is 1. The maximum atomic E-state index is 14.3. The molecule has 73 heavy (non-hydrogen) atoms. The molecule has 14 N–H and O–H groups in total. The number of hydrogen-bond donors (Lipinski definition) is 12. The number of hydrogen-bond acceptors (Lipinski definition) is 18. The van der Waals surface area contributed by atoms with Gasteiger partial charge in [-0.2, -0.15) is 0 Å². The van der Waals surface area contributed by atoms with Crippen LogP contribution in [-0.2, 0) is 33.3 Å². The van der Waals surface area contributed by atoms with Gasteiger partial charge in [0.1, 0.15) is 12.2 Å². The number of allylic oxidation sites excluding steroid dienone is 12. The Morgan fingerprint density at radius 2 is 1.23 bits per heavy atom. The molecule has 4 aliphatic heterocycles. The number of likely N-dealkylation sites (tertiary alicyclic amines) is 1. The van der Waals surface area contributed by atoms with E-state index >= 15 is 0 Å². The van der Waals surface area contributed by atoms with Gasteiger partial charge in [0.25, 0.3) is 0 Å². The van der Waals surface area contributed by atoms with Gasteiger partial charge < -0.3 is 86.4 Å². The minimum atomic E-state index is -2.31. The summed E-state index contributed by atoms with van der Waals surface area (Å²) in [5.41, 5.74) is 11.7. The Morgan fingerprint density at radius 3 is 1.82 bits per heavy atom. The van der Waals surface area contributed by atoms with Crippen molar-refractivity contribution in [2.45, 2.75) is 189 Å². The van der Waals surface area contributed by atoms with Gasteiger partial charge in [-0.1, -0.05) is 98.9 Å². The first kappa shape index (κ1) is 61.6. The summed E-state index contributed by atoms with van der Waals surface area (Å²) in [6.45, 7) is 7.09. The van der Waals surface area contributed by atoms with Gasteiger partial charge in [-0.15, -0.1) is 0 Å². The van der Waals surface area contributed by atoms with E-state index in [0.29, 0.717) is 12.8 Å². The van der Waals surface area contributed by atoms with Crippen LogP contribution in [0.5, 0.6) is 0 Å². The topological polar surface area (TPSA) is 346 Å². The number of esters is 1. The molecule has 0 spiro atoms. The van der Waals surface area contributed by atoms with Crippen LogP contribution in [0, 0.1) is 23.7 Å². The molecule has 4 rings (SSSR count). The number of rotatable bonds is 4. The maximum absolute atomic E-state index is 14.3. The van der Waals surface area contributed by atoms with Crippen LogP contribution < -0.4 is 11.5 Å². The number of carbonyl (C=O) groups excluding carboxylic acids is 3. The molecule has 2 amide bonds. The van der Waals surface area contributed by atoms with Crippen molar-refractivity contribution >= 4 is 17.8 Å². The molecule has 0 saturated carbocycles. The molecule has 19 atom stereocenters. The van der Waals surface area contributed by atoms with Crippen molar-refractivity contribution in [3.63, 3.8) is 0 Å². The van der Waals surface area contributed by atoms with E-state index in [-0.39, 0.29) is 44.7 Å². The molecule has 4 aliphatic rings. The summed E-state index contributed by atoms with van der Waals surface area (Å²) in [6, 6.07) is -1.15. The lowest BCUT2D eigenvalue weighted by molar-refractivity contribution is -0.308. The second-order valence-electron chi connectivity index (χ2n) is 20.2. The predicted octanol–water partition coefficient (Wildman–Crippen LogP) is 0.351. The summed E-state index contributed by atoms with van der Waals surface area (Å²) < 4.78 is 23.9. The van der Waals surface area contributed by atoms with E-state index in [9.17, 15) is 65.4 Å². The fourth-order valence-corrected chi connectivity index (χ4v) is 9.56.